The third-order valence-corrected chi connectivity index (χ3v) is 4.01. The monoisotopic (exact) mass is 305 g/mol. The van der Waals surface area contributed by atoms with E-state index in [1.54, 1.807) is 0 Å². The first-order valence-electron chi connectivity index (χ1n) is 6.49. The topological polar surface area (TPSA) is 62.5 Å². The minimum atomic E-state index is -2.45. The molecular formula is C13H17F2NO3S. The summed E-state index contributed by atoms with van der Waals surface area (Å²) in [6, 6.07) is 3.02. The van der Waals surface area contributed by atoms with E-state index >= 15 is 0 Å². The zero-order valence-electron chi connectivity index (χ0n) is 10.9. The maximum Gasteiger partial charge on any atom is 0.287 e. The molecule has 0 aliphatic heterocycles. The van der Waals surface area contributed by atoms with Gasteiger partial charge in [0.15, 0.2) is 5.76 Å². The standard InChI is InChI=1S/C13H17F2NO3S/c14-13(15)20-7-10-3-4-11(19-10)12(18)16-6-8-1-2-9(17)5-8/h3-4,8-9,13,17H,1-2,5-7H2,(H,16,18). The molecule has 1 saturated carbocycles. The number of carbonyl (C=O) groups excluding carboxylic acids is 1. The molecule has 2 unspecified atom stereocenters. The number of nitrogens with one attached hydrogen (secondary N) is 1. The molecule has 0 bridgehead atoms. The fourth-order valence-electron chi connectivity index (χ4n) is 2.28. The van der Waals surface area contributed by atoms with E-state index in [9.17, 15) is 18.7 Å². The molecule has 2 rings (SSSR count). The SMILES string of the molecule is O=C(NCC1CCC(O)C1)c1ccc(CSC(F)F)o1. The smallest absolute Gasteiger partial charge is 0.287 e. The molecule has 1 fully saturated rings. The lowest BCUT2D eigenvalue weighted by Gasteiger charge is -2.09. The van der Waals surface area contributed by atoms with Gasteiger partial charge in [-0.25, -0.2) is 0 Å². The predicted octanol–water partition coefficient (Wildman–Crippen LogP) is 2.63. The number of rotatable bonds is 6. The number of hydrogen-bond acceptors (Lipinski definition) is 4. The van der Waals surface area contributed by atoms with Crippen LogP contribution in [0.25, 0.3) is 0 Å². The van der Waals surface area contributed by atoms with E-state index in [4.69, 9.17) is 4.42 Å². The zero-order chi connectivity index (χ0) is 14.5. The molecule has 1 aromatic heterocycles. The van der Waals surface area contributed by atoms with Crippen molar-refractivity contribution in [1.82, 2.24) is 5.32 Å². The molecule has 0 saturated heterocycles. The van der Waals surface area contributed by atoms with Crippen molar-refractivity contribution < 1.29 is 23.1 Å². The van der Waals surface area contributed by atoms with Gasteiger partial charge in [-0.1, -0.05) is 11.8 Å². The number of hydrogen-bond donors (Lipinski definition) is 2. The second-order valence-electron chi connectivity index (χ2n) is 4.88. The molecule has 1 amide bonds. The Morgan fingerprint density at radius 1 is 1.50 bits per heavy atom. The van der Waals surface area contributed by atoms with E-state index in [-0.39, 0.29) is 29.4 Å². The molecule has 7 heteroatoms. The van der Waals surface area contributed by atoms with E-state index in [0.29, 0.717) is 30.5 Å². The molecular weight excluding hydrogens is 288 g/mol. The number of alkyl halides is 2. The van der Waals surface area contributed by atoms with E-state index < -0.39 is 5.76 Å². The Morgan fingerprint density at radius 2 is 2.30 bits per heavy atom. The van der Waals surface area contributed by atoms with Gasteiger partial charge in [0.2, 0.25) is 0 Å². The van der Waals surface area contributed by atoms with Crippen molar-refractivity contribution in [3.63, 3.8) is 0 Å². The van der Waals surface area contributed by atoms with Gasteiger partial charge in [0.25, 0.3) is 11.7 Å². The Labute approximate surface area is 119 Å². The van der Waals surface area contributed by atoms with Gasteiger partial charge in [-0.2, -0.15) is 8.78 Å². The number of halogens is 2. The van der Waals surface area contributed by atoms with E-state index in [1.165, 1.54) is 12.1 Å². The average molecular weight is 305 g/mol. The number of carbonyl (C=O) groups is 1. The molecule has 0 radical (unpaired) electrons. The van der Waals surface area contributed by atoms with E-state index in [2.05, 4.69) is 5.32 Å². The third kappa shape index (κ3) is 4.49. The fourth-order valence-corrected chi connectivity index (χ4v) is 2.73. The van der Waals surface area contributed by atoms with Gasteiger partial charge in [0.1, 0.15) is 5.76 Å². The minimum Gasteiger partial charge on any atom is -0.455 e. The maximum absolute atomic E-state index is 12.0. The number of furan rings is 1. The average Bonchev–Trinajstić information content (AvgIpc) is 3.02. The number of amides is 1. The highest BCUT2D eigenvalue weighted by Gasteiger charge is 2.23. The summed E-state index contributed by atoms with van der Waals surface area (Å²) in [5, 5.41) is 12.1. The summed E-state index contributed by atoms with van der Waals surface area (Å²) < 4.78 is 29.3. The van der Waals surface area contributed by atoms with Crippen LogP contribution in [0.2, 0.25) is 0 Å². The third-order valence-electron chi connectivity index (χ3n) is 3.30. The Kier molecular flexibility index (Phi) is 5.42. The zero-order valence-corrected chi connectivity index (χ0v) is 11.7. The molecule has 1 aliphatic rings. The first kappa shape index (κ1) is 15.3. The normalized spacial score (nSPS) is 22.4. The highest BCUT2D eigenvalue weighted by Crippen LogP contribution is 2.25. The molecule has 2 atom stereocenters. The Hall–Kier alpha value is -1.08. The van der Waals surface area contributed by atoms with E-state index in [1.807, 2.05) is 0 Å². The van der Waals surface area contributed by atoms with Gasteiger partial charge in [-0.15, -0.1) is 0 Å². The van der Waals surface area contributed by atoms with Crippen LogP contribution in [0.1, 0.15) is 35.6 Å². The quantitative estimate of drug-likeness (QED) is 0.848. The van der Waals surface area contributed by atoms with Crippen LogP contribution in [-0.2, 0) is 5.75 Å². The molecule has 4 nitrogen and oxygen atoms in total. The van der Waals surface area contributed by atoms with Crippen molar-refractivity contribution in [2.45, 2.75) is 36.9 Å². The number of aliphatic hydroxyl groups excluding tert-OH is 1. The summed E-state index contributed by atoms with van der Waals surface area (Å²) in [7, 11) is 0. The molecule has 112 valence electrons. The lowest BCUT2D eigenvalue weighted by molar-refractivity contribution is 0.0916. The first-order chi connectivity index (χ1) is 9.54. The van der Waals surface area contributed by atoms with Gasteiger partial charge in [0.05, 0.1) is 11.9 Å². The van der Waals surface area contributed by atoms with Crippen molar-refractivity contribution in [3.8, 4) is 0 Å². The summed E-state index contributed by atoms with van der Waals surface area (Å²) in [5.41, 5.74) is 0. The van der Waals surface area contributed by atoms with E-state index in [0.717, 1.165) is 12.8 Å². The molecule has 1 aromatic rings. The van der Waals surface area contributed by atoms with Crippen molar-refractivity contribution >= 4 is 17.7 Å². The maximum atomic E-state index is 12.0. The van der Waals surface area contributed by atoms with Crippen LogP contribution in [-0.4, -0.2) is 29.4 Å². The van der Waals surface area contributed by atoms with Crippen molar-refractivity contribution in [2.24, 2.45) is 5.92 Å². The van der Waals surface area contributed by atoms with Gasteiger partial charge < -0.3 is 14.8 Å². The summed E-state index contributed by atoms with van der Waals surface area (Å²) in [6.45, 7) is 0.498. The summed E-state index contributed by atoms with van der Waals surface area (Å²) in [6.07, 6.45) is 2.11. The Balaban J connectivity index is 1.77. The van der Waals surface area contributed by atoms with Gasteiger partial charge in [-0.3, -0.25) is 4.79 Å². The second kappa shape index (κ2) is 7.08. The van der Waals surface area contributed by atoms with Crippen molar-refractivity contribution in [1.29, 1.82) is 0 Å². The second-order valence-corrected chi connectivity index (χ2v) is 5.86. The molecule has 1 aliphatic carbocycles. The van der Waals surface area contributed by atoms with Gasteiger partial charge in [0, 0.05) is 6.54 Å². The molecule has 0 aromatic carbocycles. The fraction of sp³-hybridized carbons (Fsp3) is 0.615. The van der Waals surface area contributed by atoms with Crippen LogP contribution in [0, 0.1) is 5.92 Å². The Morgan fingerprint density at radius 3 is 2.95 bits per heavy atom. The minimum absolute atomic E-state index is 0.0414. The molecule has 0 spiro atoms. The van der Waals surface area contributed by atoms with Crippen LogP contribution in [0.4, 0.5) is 8.78 Å². The number of aliphatic hydroxyl groups is 1. The molecule has 1 heterocycles. The predicted molar refractivity (Wildman–Crippen MR) is 71.7 cm³/mol. The lowest BCUT2D eigenvalue weighted by atomic mass is 10.1. The van der Waals surface area contributed by atoms with Crippen molar-refractivity contribution in [3.05, 3.63) is 23.7 Å². The van der Waals surface area contributed by atoms with Crippen LogP contribution >= 0.6 is 11.8 Å². The van der Waals surface area contributed by atoms with Crippen molar-refractivity contribution in [2.75, 3.05) is 6.54 Å². The lowest BCUT2D eigenvalue weighted by Crippen LogP contribution is -2.28. The number of thioether (sulfide) groups is 1. The van der Waals surface area contributed by atoms with Crippen LogP contribution < -0.4 is 5.32 Å². The highest BCUT2D eigenvalue weighted by atomic mass is 32.2. The summed E-state index contributed by atoms with van der Waals surface area (Å²) in [5.74, 6) is -1.98. The Bertz CT molecular complexity index is 453. The van der Waals surface area contributed by atoms with Gasteiger partial charge >= 0.3 is 0 Å². The van der Waals surface area contributed by atoms with Gasteiger partial charge in [-0.05, 0) is 37.3 Å². The highest BCUT2D eigenvalue weighted by molar-refractivity contribution is 7.98. The van der Waals surface area contributed by atoms with Crippen LogP contribution in [0.15, 0.2) is 16.5 Å². The molecule has 2 N–H and O–H groups in total. The molecule has 20 heavy (non-hydrogen) atoms. The van der Waals surface area contributed by atoms with Crippen LogP contribution in [0.5, 0.6) is 0 Å². The first-order valence-corrected chi connectivity index (χ1v) is 7.54. The largest absolute Gasteiger partial charge is 0.455 e. The van der Waals surface area contributed by atoms with Crippen LogP contribution in [0.3, 0.4) is 0 Å². The summed E-state index contributed by atoms with van der Waals surface area (Å²) in [4.78, 5) is 11.8. The summed E-state index contributed by atoms with van der Waals surface area (Å²) >= 11 is 0.457.